The van der Waals surface area contributed by atoms with Crippen LogP contribution in [-0.2, 0) is 22.8 Å². The summed E-state index contributed by atoms with van der Waals surface area (Å²) in [4.78, 5) is 0. The summed E-state index contributed by atoms with van der Waals surface area (Å²) >= 11 is 5.60. The van der Waals surface area contributed by atoms with Crippen molar-refractivity contribution in [3.63, 3.8) is 0 Å². The topological polar surface area (TPSA) is 64.8 Å². The van der Waals surface area contributed by atoms with Crippen LogP contribution in [0.2, 0.25) is 0 Å². The fourth-order valence-corrected chi connectivity index (χ4v) is 2.50. The monoisotopic (exact) mass is 293 g/mol. The molecule has 0 amide bonds. The van der Waals surface area contributed by atoms with E-state index in [0.717, 1.165) is 18.5 Å². The van der Waals surface area contributed by atoms with Crippen LogP contribution < -0.4 is 0 Å². The minimum atomic E-state index is -3.11. The highest BCUT2D eigenvalue weighted by Crippen LogP contribution is 2.16. The van der Waals surface area contributed by atoms with Crippen LogP contribution in [0, 0.1) is 0 Å². The number of nitrogens with zero attached hydrogens (tertiary/aromatic N) is 3. The highest BCUT2D eigenvalue weighted by Gasteiger charge is 2.28. The molecule has 1 heterocycles. The van der Waals surface area contributed by atoms with Crippen LogP contribution in [-0.4, -0.2) is 39.8 Å². The first-order valence-corrected chi connectivity index (χ1v) is 8.12. The van der Waals surface area contributed by atoms with Gasteiger partial charge in [-0.3, -0.25) is 4.68 Å². The van der Waals surface area contributed by atoms with Crippen LogP contribution >= 0.6 is 11.6 Å². The van der Waals surface area contributed by atoms with E-state index in [1.165, 1.54) is 0 Å². The molecule has 1 aromatic rings. The predicted octanol–water partition coefficient (Wildman–Crippen LogP) is 1.66. The lowest BCUT2D eigenvalue weighted by Crippen LogP contribution is -2.32. The van der Waals surface area contributed by atoms with E-state index in [2.05, 4.69) is 10.3 Å². The van der Waals surface area contributed by atoms with Crippen molar-refractivity contribution in [2.75, 3.05) is 11.6 Å². The van der Waals surface area contributed by atoms with Gasteiger partial charge in [0.15, 0.2) is 9.84 Å². The molecule has 0 aliphatic carbocycles. The predicted molar refractivity (Wildman–Crippen MR) is 72.6 cm³/mol. The molecule has 0 fully saturated rings. The van der Waals surface area contributed by atoms with Crippen LogP contribution in [0.5, 0.6) is 0 Å². The SMILES string of the molecule is CC(C)(C)S(=O)(=O)CCn1cc(CCCCl)nn1. The first-order chi connectivity index (χ1) is 8.26. The van der Waals surface area contributed by atoms with E-state index in [1.807, 2.05) is 0 Å². The molecule has 0 N–H and O–H groups in total. The molecule has 0 aliphatic heterocycles. The van der Waals surface area contributed by atoms with E-state index < -0.39 is 14.6 Å². The maximum absolute atomic E-state index is 11.9. The summed E-state index contributed by atoms with van der Waals surface area (Å²) in [5.41, 5.74) is 0.851. The molecule has 0 radical (unpaired) electrons. The van der Waals surface area contributed by atoms with Gasteiger partial charge in [0, 0.05) is 12.1 Å². The molecule has 0 atom stereocenters. The summed E-state index contributed by atoms with van der Waals surface area (Å²) < 4.78 is 24.7. The van der Waals surface area contributed by atoms with Crippen LogP contribution in [0.1, 0.15) is 32.9 Å². The number of sulfone groups is 1. The standard InChI is InChI=1S/C11H20ClN3O2S/c1-11(2,3)18(16,17)8-7-15-9-10(13-14-15)5-4-6-12/h9H,4-8H2,1-3H3. The van der Waals surface area contributed by atoms with Gasteiger partial charge < -0.3 is 0 Å². The first-order valence-electron chi connectivity index (χ1n) is 5.93. The van der Waals surface area contributed by atoms with Crippen molar-refractivity contribution < 1.29 is 8.42 Å². The van der Waals surface area contributed by atoms with Crippen molar-refractivity contribution in [2.24, 2.45) is 0 Å². The Bertz CT molecular complexity index is 477. The lowest BCUT2D eigenvalue weighted by Gasteiger charge is -2.18. The van der Waals surface area contributed by atoms with Gasteiger partial charge in [0.1, 0.15) is 0 Å². The number of alkyl halides is 1. The number of aryl methyl sites for hydroxylation is 2. The lowest BCUT2D eigenvalue weighted by atomic mass is 10.3. The van der Waals surface area contributed by atoms with Gasteiger partial charge in [0.05, 0.1) is 22.7 Å². The van der Waals surface area contributed by atoms with E-state index in [0.29, 0.717) is 12.4 Å². The van der Waals surface area contributed by atoms with Crippen LogP contribution in [0.15, 0.2) is 6.20 Å². The van der Waals surface area contributed by atoms with Gasteiger partial charge in [0.2, 0.25) is 0 Å². The van der Waals surface area contributed by atoms with Gasteiger partial charge in [-0.25, -0.2) is 8.42 Å². The average Bonchev–Trinajstić information content (AvgIpc) is 2.70. The smallest absolute Gasteiger partial charge is 0.157 e. The fraction of sp³-hybridized carbons (Fsp3) is 0.818. The third-order valence-corrected chi connectivity index (χ3v) is 5.53. The molecular formula is C11H20ClN3O2S. The maximum atomic E-state index is 11.9. The Labute approximate surface area is 113 Å². The van der Waals surface area contributed by atoms with Crippen molar-refractivity contribution >= 4 is 21.4 Å². The van der Waals surface area contributed by atoms with Gasteiger partial charge in [-0.1, -0.05) is 5.21 Å². The van der Waals surface area contributed by atoms with Crippen LogP contribution in [0.4, 0.5) is 0 Å². The Morgan fingerprint density at radius 1 is 1.39 bits per heavy atom. The Hall–Kier alpha value is -0.620. The minimum absolute atomic E-state index is 0.0782. The highest BCUT2D eigenvalue weighted by molar-refractivity contribution is 7.92. The summed E-state index contributed by atoms with van der Waals surface area (Å²) in [5, 5.41) is 7.89. The van der Waals surface area contributed by atoms with Crippen molar-refractivity contribution in [1.82, 2.24) is 15.0 Å². The van der Waals surface area contributed by atoms with E-state index in [-0.39, 0.29) is 5.75 Å². The molecular weight excluding hydrogens is 274 g/mol. The summed E-state index contributed by atoms with van der Waals surface area (Å²) in [7, 11) is -3.11. The Kier molecular flexibility index (Phi) is 5.16. The number of hydrogen-bond acceptors (Lipinski definition) is 4. The molecule has 18 heavy (non-hydrogen) atoms. The van der Waals surface area contributed by atoms with Gasteiger partial charge in [-0.15, -0.1) is 16.7 Å². The van der Waals surface area contributed by atoms with Gasteiger partial charge in [0.25, 0.3) is 0 Å². The quantitative estimate of drug-likeness (QED) is 0.748. The largest absolute Gasteiger partial charge is 0.251 e. The molecule has 0 aliphatic rings. The van der Waals surface area contributed by atoms with E-state index in [1.54, 1.807) is 31.6 Å². The zero-order valence-corrected chi connectivity index (χ0v) is 12.6. The van der Waals surface area contributed by atoms with Crippen molar-refractivity contribution in [2.45, 2.75) is 44.9 Å². The molecule has 0 saturated carbocycles. The zero-order chi connectivity index (χ0) is 13.8. The van der Waals surface area contributed by atoms with Gasteiger partial charge >= 0.3 is 0 Å². The summed E-state index contributed by atoms with van der Waals surface area (Å²) in [6.45, 7) is 5.45. The molecule has 1 aromatic heterocycles. The number of rotatable bonds is 6. The zero-order valence-electron chi connectivity index (χ0n) is 11.1. The normalized spacial score (nSPS) is 12.9. The van der Waals surface area contributed by atoms with Gasteiger partial charge in [-0.2, -0.15) is 0 Å². The van der Waals surface area contributed by atoms with E-state index in [9.17, 15) is 8.42 Å². The maximum Gasteiger partial charge on any atom is 0.157 e. The van der Waals surface area contributed by atoms with Crippen LogP contribution in [0.3, 0.4) is 0 Å². The second-order valence-electron chi connectivity index (χ2n) is 5.20. The van der Waals surface area contributed by atoms with E-state index in [4.69, 9.17) is 11.6 Å². The molecule has 1 rings (SSSR count). The molecule has 0 unspecified atom stereocenters. The Morgan fingerprint density at radius 3 is 2.61 bits per heavy atom. The molecule has 0 aromatic carbocycles. The molecule has 0 spiro atoms. The molecule has 0 bridgehead atoms. The van der Waals surface area contributed by atoms with Crippen LogP contribution in [0.25, 0.3) is 0 Å². The molecule has 5 nitrogen and oxygen atoms in total. The Balaban J connectivity index is 2.57. The van der Waals surface area contributed by atoms with Crippen molar-refractivity contribution in [3.8, 4) is 0 Å². The van der Waals surface area contributed by atoms with E-state index >= 15 is 0 Å². The minimum Gasteiger partial charge on any atom is -0.251 e. The lowest BCUT2D eigenvalue weighted by molar-refractivity contribution is 0.545. The second kappa shape index (κ2) is 6.02. The third-order valence-electron chi connectivity index (χ3n) is 2.67. The third kappa shape index (κ3) is 4.24. The average molecular weight is 294 g/mol. The molecule has 0 saturated heterocycles. The molecule has 7 heteroatoms. The summed E-state index contributed by atoms with van der Waals surface area (Å²) in [6, 6.07) is 0. The number of aromatic nitrogens is 3. The first kappa shape index (κ1) is 15.4. The van der Waals surface area contributed by atoms with Crippen molar-refractivity contribution in [3.05, 3.63) is 11.9 Å². The summed E-state index contributed by atoms with van der Waals surface area (Å²) in [6.07, 6.45) is 3.40. The fourth-order valence-electron chi connectivity index (χ4n) is 1.33. The summed E-state index contributed by atoms with van der Waals surface area (Å²) in [5.74, 6) is 0.667. The number of halogens is 1. The second-order valence-corrected chi connectivity index (χ2v) is 8.44. The number of hydrogen-bond donors (Lipinski definition) is 0. The van der Waals surface area contributed by atoms with Crippen molar-refractivity contribution in [1.29, 1.82) is 0 Å². The Morgan fingerprint density at radius 2 is 2.06 bits per heavy atom. The van der Waals surface area contributed by atoms with Gasteiger partial charge in [-0.05, 0) is 33.6 Å². The molecule has 104 valence electrons. The highest BCUT2D eigenvalue weighted by atomic mass is 35.5.